The van der Waals surface area contributed by atoms with E-state index >= 15 is 0 Å². The van der Waals surface area contributed by atoms with Crippen LogP contribution in [-0.4, -0.2) is 35.2 Å². The molecule has 0 aliphatic rings. The van der Waals surface area contributed by atoms with Crippen molar-refractivity contribution in [2.75, 3.05) is 12.1 Å². The number of anilines is 1. The molecule has 24 heavy (non-hydrogen) atoms. The van der Waals surface area contributed by atoms with Gasteiger partial charge in [-0.2, -0.15) is 10.2 Å². The Morgan fingerprint density at radius 1 is 1.38 bits per heavy atom. The largest absolute Gasteiger partial charge is 0.365 e. The number of allylic oxidation sites excluding steroid dienone is 1. The third-order valence-corrected chi connectivity index (χ3v) is 3.38. The molecule has 2 aromatic rings. The SMILES string of the molecule is Cc1cc(N(C)/N=C(\C=C(/C=O)C(N)=O)c2ccc(Cl)cc2)n[nH]1. The first-order valence-electron chi connectivity index (χ1n) is 6.97. The molecular formula is C16H16ClN5O2. The van der Waals surface area contributed by atoms with E-state index in [9.17, 15) is 9.59 Å². The number of rotatable bonds is 6. The molecule has 0 spiro atoms. The molecule has 7 nitrogen and oxygen atoms in total. The lowest BCUT2D eigenvalue weighted by atomic mass is 10.1. The zero-order valence-electron chi connectivity index (χ0n) is 13.2. The van der Waals surface area contributed by atoms with E-state index in [0.29, 0.717) is 28.4 Å². The standard InChI is InChI=1S/C16H16ClN5O2/c1-10-7-15(20-19-10)22(2)21-14(8-12(9-23)16(18)24)11-3-5-13(17)6-4-11/h3-9H,1-2H3,(H2,18,24)(H,19,20)/b12-8+,21-14+. The van der Waals surface area contributed by atoms with Crippen molar-refractivity contribution in [2.24, 2.45) is 10.8 Å². The first-order chi connectivity index (χ1) is 11.4. The Hall–Kier alpha value is -2.93. The molecule has 0 atom stereocenters. The molecule has 1 aromatic carbocycles. The number of carbonyl (C=O) groups excluding carboxylic acids is 2. The second kappa shape index (κ2) is 7.56. The molecule has 0 radical (unpaired) electrons. The highest BCUT2D eigenvalue weighted by Gasteiger charge is 2.10. The zero-order chi connectivity index (χ0) is 17.7. The van der Waals surface area contributed by atoms with Gasteiger partial charge in [-0.1, -0.05) is 23.7 Å². The van der Waals surface area contributed by atoms with Crippen LogP contribution >= 0.6 is 11.6 Å². The smallest absolute Gasteiger partial charge is 0.252 e. The van der Waals surface area contributed by atoms with Crippen LogP contribution in [0.4, 0.5) is 5.82 Å². The van der Waals surface area contributed by atoms with E-state index in [-0.39, 0.29) is 5.57 Å². The molecule has 3 N–H and O–H groups in total. The van der Waals surface area contributed by atoms with Crippen molar-refractivity contribution in [3.63, 3.8) is 0 Å². The lowest BCUT2D eigenvalue weighted by Crippen LogP contribution is -2.18. The molecule has 124 valence electrons. The highest BCUT2D eigenvalue weighted by molar-refractivity contribution is 6.30. The molecule has 1 amide bonds. The van der Waals surface area contributed by atoms with Gasteiger partial charge in [0.25, 0.3) is 5.91 Å². The molecule has 0 saturated heterocycles. The maximum absolute atomic E-state index is 11.3. The number of benzene rings is 1. The number of nitrogens with zero attached hydrogens (tertiary/aromatic N) is 3. The minimum atomic E-state index is -0.829. The highest BCUT2D eigenvalue weighted by atomic mass is 35.5. The quantitative estimate of drug-likeness (QED) is 0.208. The van der Waals surface area contributed by atoms with Gasteiger partial charge in [0.15, 0.2) is 12.1 Å². The molecule has 0 aliphatic carbocycles. The molecule has 0 unspecified atom stereocenters. The first-order valence-corrected chi connectivity index (χ1v) is 7.35. The van der Waals surface area contributed by atoms with Gasteiger partial charge in [-0.3, -0.25) is 14.7 Å². The maximum Gasteiger partial charge on any atom is 0.252 e. The van der Waals surface area contributed by atoms with Crippen LogP contribution < -0.4 is 10.7 Å². The Kier molecular flexibility index (Phi) is 5.49. The fourth-order valence-electron chi connectivity index (χ4n) is 1.88. The summed E-state index contributed by atoms with van der Waals surface area (Å²) in [6.45, 7) is 1.87. The third kappa shape index (κ3) is 4.30. The molecule has 2 rings (SSSR count). The number of aromatic amines is 1. The Morgan fingerprint density at radius 2 is 2.04 bits per heavy atom. The number of primary amides is 1. The summed E-state index contributed by atoms with van der Waals surface area (Å²) in [6, 6.07) is 8.63. The van der Waals surface area contributed by atoms with Gasteiger partial charge < -0.3 is 5.73 Å². The lowest BCUT2D eigenvalue weighted by Gasteiger charge is -2.12. The lowest BCUT2D eigenvalue weighted by molar-refractivity contribution is -0.116. The number of hydrazone groups is 1. The van der Waals surface area contributed by atoms with Crippen LogP contribution in [-0.2, 0) is 9.59 Å². The predicted molar refractivity (Wildman–Crippen MR) is 93.1 cm³/mol. The molecule has 0 saturated carbocycles. The summed E-state index contributed by atoms with van der Waals surface area (Å²) in [4.78, 5) is 22.4. The van der Waals surface area contributed by atoms with E-state index in [1.54, 1.807) is 37.4 Å². The van der Waals surface area contributed by atoms with Gasteiger partial charge in [-0.05, 0) is 25.1 Å². The second-order valence-corrected chi connectivity index (χ2v) is 5.44. The normalized spacial score (nSPS) is 12.1. The minimum absolute atomic E-state index is 0.185. The number of hydrogen-bond donors (Lipinski definition) is 2. The van der Waals surface area contributed by atoms with E-state index in [1.807, 2.05) is 6.92 Å². The van der Waals surface area contributed by atoms with Crippen LogP contribution in [0.3, 0.4) is 0 Å². The number of nitrogens with one attached hydrogen (secondary N) is 1. The van der Waals surface area contributed by atoms with Gasteiger partial charge in [0, 0.05) is 29.4 Å². The van der Waals surface area contributed by atoms with Crippen LogP contribution in [0.25, 0.3) is 0 Å². The zero-order valence-corrected chi connectivity index (χ0v) is 13.9. The fourth-order valence-corrected chi connectivity index (χ4v) is 2.01. The summed E-state index contributed by atoms with van der Waals surface area (Å²) in [7, 11) is 1.70. The second-order valence-electron chi connectivity index (χ2n) is 5.01. The van der Waals surface area contributed by atoms with E-state index in [2.05, 4.69) is 15.3 Å². The fraction of sp³-hybridized carbons (Fsp3) is 0.125. The number of aromatic nitrogens is 2. The van der Waals surface area contributed by atoms with Crippen LogP contribution in [0, 0.1) is 6.92 Å². The highest BCUT2D eigenvalue weighted by Crippen LogP contribution is 2.15. The van der Waals surface area contributed by atoms with Crippen molar-refractivity contribution in [2.45, 2.75) is 6.92 Å². The van der Waals surface area contributed by atoms with Crippen LogP contribution in [0.1, 0.15) is 11.3 Å². The number of H-pyrrole nitrogens is 1. The summed E-state index contributed by atoms with van der Waals surface area (Å²) in [6.07, 6.45) is 1.72. The average Bonchev–Trinajstić information content (AvgIpc) is 2.98. The molecule has 1 aromatic heterocycles. The molecular weight excluding hydrogens is 330 g/mol. The van der Waals surface area contributed by atoms with Crippen LogP contribution in [0.15, 0.2) is 47.1 Å². The van der Waals surface area contributed by atoms with Crippen molar-refractivity contribution >= 4 is 35.3 Å². The van der Waals surface area contributed by atoms with Gasteiger partial charge in [0.1, 0.15) is 0 Å². The Balaban J connectivity index is 2.49. The van der Waals surface area contributed by atoms with Crippen molar-refractivity contribution < 1.29 is 9.59 Å². The summed E-state index contributed by atoms with van der Waals surface area (Å²) in [5.41, 5.74) is 6.93. The number of aldehydes is 1. The van der Waals surface area contributed by atoms with Crippen molar-refractivity contribution in [1.82, 2.24) is 10.2 Å². The Bertz CT molecular complexity index is 808. The van der Waals surface area contributed by atoms with Crippen LogP contribution in [0.5, 0.6) is 0 Å². The minimum Gasteiger partial charge on any atom is -0.365 e. The first kappa shape index (κ1) is 17.4. The summed E-state index contributed by atoms with van der Waals surface area (Å²) >= 11 is 5.89. The molecule has 8 heteroatoms. The van der Waals surface area contributed by atoms with Crippen molar-refractivity contribution in [3.05, 3.63) is 58.3 Å². The predicted octanol–water partition coefficient (Wildman–Crippen LogP) is 1.82. The van der Waals surface area contributed by atoms with Crippen molar-refractivity contribution in [3.8, 4) is 0 Å². The number of halogens is 1. The Morgan fingerprint density at radius 3 is 2.54 bits per heavy atom. The average molecular weight is 346 g/mol. The number of hydrogen-bond acceptors (Lipinski definition) is 5. The summed E-state index contributed by atoms with van der Waals surface area (Å²) in [5, 5.41) is 13.4. The van der Waals surface area contributed by atoms with Gasteiger partial charge in [0.05, 0.1) is 11.3 Å². The van der Waals surface area contributed by atoms with Gasteiger partial charge in [-0.15, -0.1) is 0 Å². The van der Waals surface area contributed by atoms with Gasteiger partial charge >= 0.3 is 0 Å². The van der Waals surface area contributed by atoms with E-state index in [4.69, 9.17) is 17.3 Å². The number of aryl methyl sites for hydroxylation is 1. The Labute approximate surface area is 143 Å². The topological polar surface area (TPSA) is 104 Å². The van der Waals surface area contributed by atoms with Gasteiger partial charge in [0.2, 0.25) is 0 Å². The maximum atomic E-state index is 11.3. The van der Waals surface area contributed by atoms with E-state index < -0.39 is 5.91 Å². The molecule has 0 fully saturated rings. The number of carbonyl (C=O) groups is 2. The number of amides is 1. The molecule has 0 aliphatic heterocycles. The monoisotopic (exact) mass is 345 g/mol. The molecule has 0 bridgehead atoms. The van der Waals surface area contributed by atoms with E-state index in [1.165, 1.54) is 11.1 Å². The summed E-state index contributed by atoms with van der Waals surface area (Å²) in [5.74, 6) is -0.246. The van der Waals surface area contributed by atoms with Crippen LogP contribution in [0.2, 0.25) is 5.02 Å². The molecule has 1 heterocycles. The third-order valence-electron chi connectivity index (χ3n) is 3.13. The number of nitrogens with two attached hydrogens (primary N) is 1. The van der Waals surface area contributed by atoms with Gasteiger partial charge in [-0.25, -0.2) is 5.01 Å². The van der Waals surface area contributed by atoms with Crippen molar-refractivity contribution in [1.29, 1.82) is 0 Å². The summed E-state index contributed by atoms with van der Waals surface area (Å²) < 4.78 is 0. The van der Waals surface area contributed by atoms with E-state index in [0.717, 1.165) is 5.69 Å².